The molecular formula is C20H13FN4O. The Morgan fingerprint density at radius 1 is 1.04 bits per heavy atom. The van der Waals surface area contributed by atoms with Gasteiger partial charge in [0.1, 0.15) is 17.5 Å². The summed E-state index contributed by atoms with van der Waals surface area (Å²) in [6.45, 7) is 0. The Kier molecular flexibility index (Phi) is 3.12. The van der Waals surface area contributed by atoms with E-state index in [9.17, 15) is 4.39 Å². The highest BCUT2D eigenvalue weighted by atomic mass is 19.1. The van der Waals surface area contributed by atoms with Crippen molar-refractivity contribution in [1.82, 2.24) is 14.6 Å². The molecule has 0 spiro atoms. The number of methoxy groups -OCH3 is 1. The van der Waals surface area contributed by atoms with Crippen molar-refractivity contribution in [2.75, 3.05) is 7.11 Å². The van der Waals surface area contributed by atoms with Crippen LogP contribution in [0.15, 0.2) is 66.0 Å². The van der Waals surface area contributed by atoms with Crippen LogP contribution in [0.3, 0.4) is 0 Å². The monoisotopic (exact) mass is 344 g/mol. The molecule has 6 heteroatoms. The molecule has 0 aliphatic carbocycles. The van der Waals surface area contributed by atoms with Gasteiger partial charge in [-0.1, -0.05) is 18.2 Å². The Balaban J connectivity index is 1.85. The minimum absolute atomic E-state index is 0.203. The largest absolute Gasteiger partial charge is 0.494 e. The highest BCUT2D eigenvalue weighted by Crippen LogP contribution is 2.37. The number of halogens is 1. The first-order valence-electron chi connectivity index (χ1n) is 8.11. The number of para-hydroxylation sites is 1. The smallest absolute Gasteiger partial charge is 0.165 e. The minimum Gasteiger partial charge on any atom is -0.494 e. The summed E-state index contributed by atoms with van der Waals surface area (Å²) in [5.41, 5.74) is 5.58. The zero-order valence-electron chi connectivity index (χ0n) is 13.8. The fourth-order valence-corrected chi connectivity index (χ4v) is 3.33. The molecule has 1 aliphatic heterocycles. The van der Waals surface area contributed by atoms with Crippen LogP contribution in [-0.4, -0.2) is 27.4 Å². The normalized spacial score (nSPS) is 12.5. The molecule has 5 nitrogen and oxygen atoms in total. The Hall–Kier alpha value is -3.54. The molecule has 2 aromatic heterocycles. The highest BCUT2D eigenvalue weighted by Gasteiger charge is 2.23. The van der Waals surface area contributed by atoms with E-state index in [0.29, 0.717) is 11.3 Å². The topological polar surface area (TPSA) is 51.8 Å². The number of benzene rings is 2. The van der Waals surface area contributed by atoms with Gasteiger partial charge in [-0.15, -0.1) is 0 Å². The lowest BCUT2D eigenvalue weighted by atomic mass is 10.0. The summed E-state index contributed by atoms with van der Waals surface area (Å²) < 4.78 is 21.1. The van der Waals surface area contributed by atoms with Gasteiger partial charge in [0.25, 0.3) is 0 Å². The lowest BCUT2D eigenvalue weighted by Gasteiger charge is -2.08. The van der Waals surface area contributed by atoms with E-state index >= 15 is 0 Å². The summed E-state index contributed by atoms with van der Waals surface area (Å²) in [6, 6.07) is 14.6. The zero-order chi connectivity index (χ0) is 17.7. The second-order valence-electron chi connectivity index (χ2n) is 5.96. The number of rotatable bonds is 2. The molecule has 4 aromatic rings. The molecule has 0 saturated heterocycles. The maximum Gasteiger partial charge on any atom is 0.165 e. The molecule has 2 aromatic carbocycles. The van der Waals surface area contributed by atoms with Crippen LogP contribution in [0.5, 0.6) is 5.75 Å². The Bertz CT molecular complexity index is 1200. The van der Waals surface area contributed by atoms with E-state index in [1.807, 2.05) is 42.6 Å². The van der Waals surface area contributed by atoms with Crippen molar-refractivity contribution in [2.24, 2.45) is 4.99 Å². The number of nitrogens with zero attached hydrogens (tertiary/aromatic N) is 4. The molecule has 0 radical (unpaired) electrons. The van der Waals surface area contributed by atoms with Crippen molar-refractivity contribution >= 4 is 16.9 Å². The van der Waals surface area contributed by atoms with Crippen LogP contribution in [-0.2, 0) is 0 Å². The number of aromatic nitrogens is 3. The molecule has 3 heterocycles. The van der Waals surface area contributed by atoms with Crippen LogP contribution in [0, 0.1) is 5.82 Å². The Labute approximate surface area is 148 Å². The summed E-state index contributed by atoms with van der Waals surface area (Å²) >= 11 is 0. The summed E-state index contributed by atoms with van der Waals surface area (Å²) in [5, 5.41) is 4.29. The average molecular weight is 344 g/mol. The van der Waals surface area contributed by atoms with Gasteiger partial charge < -0.3 is 4.74 Å². The summed E-state index contributed by atoms with van der Waals surface area (Å²) in [6.07, 6.45) is 3.39. The molecule has 0 fully saturated rings. The average Bonchev–Trinajstić information content (AvgIpc) is 3.04. The van der Waals surface area contributed by atoms with Gasteiger partial charge in [-0.05, 0) is 30.3 Å². The summed E-state index contributed by atoms with van der Waals surface area (Å²) in [4.78, 5) is 9.33. The van der Waals surface area contributed by atoms with Crippen LogP contribution in [0.2, 0.25) is 0 Å². The van der Waals surface area contributed by atoms with Crippen LogP contribution in [0.4, 0.5) is 10.1 Å². The van der Waals surface area contributed by atoms with Gasteiger partial charge in [-0.2, -0.15) is 5.10 Å². The third kappa shape index (κ3) is 2.05. The second-order valence-corrected chi connectivity index (χ2v) is 5.96. The van der Waals surface area contributed by atoms with Gasteiger partial charge >= 0.3 is 0 Å². The molecule has 0 amide bonds. The van der Waals surface area contributed by atoms with E-state index in [1.165, 1.54) is 19.5 Å². The van der Waals surface area contributed by atoms with E-state index in [2.05, 4.69) is 10.1 Å². The van der Waals surface area contributed by atoms with Gasteiger partial charge in [0.2, 0.25) is 0 Å². The van der Waals surface area contributed by atoms with E-state index in [-0.39, 0.29) is 5.75 Å². The van der Waals surface area contributed by atoms with Crippen molar-refractivity contribution < 1.29 is 9.13 Å². The van der Waals surface area contributed by atoms with Crippen molar-refractivity contribution in [2.45, 2.75) is 0 Å². The van der Waals surface area contributed by atoms with Crippen molar-refractivity contribution in [3.05, 3.63) is 78.0 Å². The van der Waals surface area contributed by atoms with E-state index in [4.69, 9.17) is 9.73 Å². The first-order valence-corrected chi connectivity index (χ1v) is 8.11. The molecule has 126 valence electrons. The van der Waals surface area contributed by atoms with Gasteiger partial charge in [0, 0.05) is 22.9 Å². The third-order valence-corrected chi connectivity index (χ3v) is 4.53. The maximum atomic E-state index is 14.3. The molecule has 26 heavy (non-hydrogen) atoms. The predicted octanol–water partition coefficient (Wildman–Crippen LogP) is 4.03. The molecule has 5 rings (SSSR count). The Morgan fingerprint density at radius 3 is 2.77 bits per heavy atom. The first-order chi connectivity index (χ1) is 12.8. The first kappa shape index (κ1) is 14.8. The van der Waals surface area contributed by atoms with Crippen molar-refractivity contribution in [3.8, 4) is 17.0 Å². The zero-order valence-corrected chi connectivity index (χ0v) is 13.8. The van der Waals surface area contributed by atoms with Gasteiger partial charge in [-0.25, -0.2) is 18.9 Å². The number of hydrogen-bond acceptors (Lipinski definition) is 4. The van der Waals surface area contributed by atoms with Gasteiger partial charge in [-0.3, -0.25) is 0 Å². The lowest BCUT2D eigenvalue weighted by Crippen LogP contribution is -2.04. The standard InChI is InChI=1S/C20H13FN4O/c1-26-17-7-6-12(10-15(17)21)18-14-8-9-25-20(14)19(22-11-23-25)13-4-2-3-5-16(13)24-18/h2-11H,1H3. The SMILES string of the molecule is COc1ccc(C2=Nc3ccccc3-c3ncnn4ccc2c34)cc1F. The van der Waals surface area contributed by atoms with Crippen LogP contribution < -0.4 is 4.74 Å². The molecular weight excluding hydrogens is 331 g/mol. The van der Waals surface area contributed by atoms with Gasteiger partial charge in [0.15, 0.2) is 11.6 Å². The predicted molar refractivity (Wildman–Crippen MR) is 96.7 cm³/mol. The van der Waals surface area contributed by atoms with Crippen LogP contribution in [0.1, 0.15) is 11.1 Å². The number of fused-ring (bicyclic) bond motifs is 2. The number of aliphatic imine (C=N–C) groups is 1. The van der Waals surface area contributed by atoms with Crippen molar-refractivity contribution in [1.29, 1.82) is 0 Å². The quantitative estimate of drug-likeness (QED) is 0.486. The molecule has 0 unspecified atom stereocenters. The molecule has 0 bridgehead atoms. The maximum absolute atomic E-state index is 14.3. The fraction of sp³-hybridized carbons (Fsp3) is 0.0500. The lowest BCUT2D eigenvalue weighted by molar-refractivity contribution is 0.386. The van der Waals surface area contributed by atoms with Crippen LogP contribution >= 0.6 is 0 Å². The fourth-order valence-electron chi connectivity index (χ4n) is 3.33. The van der Waals surface area contributed by atoms with Gasteiger partial charge in [0.05, 0.1) is 18.5 Å². The Morgan fingerprint density at radius 2 is 1.92 bits per heavy atom. The molecule has 0 N–H and O–H groups in total. The highest BCUT2D eigenvalue weighted by molar-refractivity contribution is 6.20. The van der Waals surface area contributed by atoms with E-state index in [1.54, 1.807) is 10.6 Å². The summed E-state index contributed by atoms with van der Waals surface area (Å²) in [7, 11) is 1.45. The number of hydrogen-bond donors (Lipinski definition) is 0. The van der Waals surface area contributed by atoms with E-state index in [0.717, 1.165) is 28.0 Å². The van der Waals surface area contributed by atoms with Crippen LogP contribution in [0.25, 0.3) is 16.8 Å². The third-order valence-electron chi connectivity index (χ3n) is 4.53. The van der Waals surface area contributed by atoms with E-state index < -0.39 is 5.82 Å². The number of ether oxygens (including phenoxy) is 1. The second kappa shape index (κ2) is 5.49. The summed E-state index contributed by atoms with van der Waals surface area (Å²) in [5.74, 6) is -0.223. The molecule has 0 saturated carbocycles. The minimum atomic E-state index is -0.426. The molecule has 1 aliphatic rings. The molecule has 0 atom stereocenters. The van der Waals surface area contributed by atoms with Crippen molar-refractivity contribution in [3.63, 3.8) is 0 Å².